The summed E-state index contributed by atoms with van der Waals surface area (Å²) in [7, 11) is 1.34. The Balaban J connectivity index is 2.72. The minimum Gasteiger partial charge on any atom is -0.465 e. The zero-order chi connectivity index (χ0) is 12.7. The summed E-state index contributed by atoms with van der Waals surface area (Å²) in [5.74, 6) is 1.15. The molecule has 0 aliphatic rings. The van der Waals surface area contributed by atoms with E-state index in [9.17, 15) is 4.79 Å². The van der Waals surface area contributed by atoms with Crippen molar-refractivity contribution in [3.05, 3.63) is 17.8 Å². The molecule has 0 saturated carbocycles. The van der Waals surface area contributed by atoms with Crippen LogP contribution in [0.4, 0.5) is 11.5 Å². The van der Waals surface area contributed by atoms with Gasteiger partial charge in [-0.2, -0.15) is 11.8 Å². The highest BCUT2D eigenvalue weighted by Gasteiger charge is 2.13. The first-order valence-electron chi connectivity index (χ1n) is 5.25. The molecule has 0 bridgehead atoms. The molecule has 94 valence electrons. The molecule has 6 heteroatoms. The summed E-state index contributed by atoms with van der Waals surface area (Å²) in [6.07, 6.45) is 4.58. The first kappa shape index (κ1) is 13.6. The zero-order valence-electron chi connectivity index (χ0n) is 10.0. The lowest BCUT2D eigenvalue weighted by molar-refractivity contribution is 0.0601. The van der Waals surface area contributed by atoms with E-state index in [1.165, 1.54) is 13.3 Å². The molecular formula is C11H17N3O2S. The Morgan fingerprint density at radius 1 is 1.65 bits per heavy atom. The normalized spacial score (nSPS) is 10.0. The summed E-state index contributed by atoms with van der Waals surface area (Å²) in [6, 6.07) is 1.57. The molecular weight excluding hydrogens is 238 g/mol. The fraction of sp³-hybridized carbons (Fsp3) is 0.455. The van der Waals surface area contributed by atoms with Gasteiger partial charge in [-0.1, -0.05) is 0 Å². The molecule has 0 atom stereocenters. The maximum absolute atomic E-state index is 11.5. The first-order valence-corrected chi connectivity index (χ1v) is 6.65. The van der Waals surface area contributed by atoms with Crippen LogP contribution in [0.2, 0.25) is 0 Å². The number of nitrogen functional groups attached to an aromatic ring is 1. The van der Waals surface area contributed by atoms with Gasteiger partial charge in [0.25, 0.3) is 0 Å². The molecule has 1 aromatic heterocycles. The summed E-state index contributed by atoms with van der Waals surface area (Å²) in [4.78, 5) is 15.6. The molecule has 0 amide bonds. The van der Waals surface area contributed by atoms with E-state index in [-0.39, 0.29) is 0 Å². The van der Waals surface area contributed by atoms with Crippen molar-refractivity contribution in [1.29, 1.82) is 0 Å². The smallest absolute Gasteiger partial charge is 0.341 e. The molecule has 17 heavy (non-hydrogen) atoms. The molecule has 3 N–H and O–H groups in total. The summed E-state index contributed by atoms with van der Waals surface area (Å²) >= 11 is 1.78. The molecule has 0 spiro atoms. The number of hydrogen-bond acceptors (Lipinski definition) is 6. The van der Waals surface area contributed by atoms with Crippen molar-refractivity contribution >= 4 is 29.2 Å². The van der Waals surface area contributed by atoms with Crippen molar-refractivity contribution in [3.8, 4) is 0 Å². The monoisotopic (exact) mass is 255 g/mol. The summed E-state index contributed by atoms with van der Waals surface area (Å²) in [5, 5.41) is 3.11. The molecule has 1 heterocycles. The van der Waals surface area contributed by atoms with E-state index in [4.69, 9.17) is 5.73 Å². The third-order valence-electron chi connectivity index (χ3n) is 2.13. The van der Waals surface area contributed by atoms with Crippen LogP contribution in [0.25, 0.3) is 0 Å². The minimum atomic E-state index is -0.433. The molecule has 1 rings (SSSR count). The third-order valence-corrected chi connectivity index (χ3v) is 2.83. The lowest BCUT2D eigenvalue weighted by Crippen LogP contribution is -2.12. The number of nitrogens with two attached hydrogens (primary N) is 1. The second-order valence-electron chi connectivity index (χ2n) is 3.43. The first-order chi connectivity index (χ1) is 8.19. The highest BCUT2D eigenvalue weighted by atomic mass is 32.2. The fourth-order valence-electron chi connectivity index (χ4n) is 1.31. The topological polar surface area (TPSA) is 77.2 Å². The molecule has 0 unspecified atom stereocenters. The number of rotatable bonds is 6. The average molecular weight is 255 g/mol. The fourth-order valence-corrected chi connectivity index (χ4v) is 1.74. The van der Waals surface area contributed by atoms with Crippen LogP contribution in [-0.2, 0) is 4.74 Å². The Bertz CT molecular complexity index is 385. The number of esters is 1. The standard InChI is InChI=1S/C11H17N3O2S/c1-16-11(15)9-6-8(12)7-14-10(9)13-4-3-5-17-2/h6-7H,3-5,12H2,1-2H3,(H,13,14). The summed E-state index contributed by atoms with van der Waals surface area (Å²) < 4.78 is 4.68. The molecule has 0 fully saturated rings. The number of carbonyl (C=O) groups excluding carboxylic acids is 1. The van der Waals surface area contributed by atoms with Crippen molar-refractivity contribution in [2.24, 2.45) is 0 Å². The van der Waals surface area contributed by atoms with Crippen LogP contribution in [0.15, 0.2) is 12.3 Å². The van der Waals surface area contributed by atoms with Gasteiger partial charge >= 0.3 is 5.97 Å². The zero-order valence-corrected chi connectivity index (χ0v) is 10.8. The Morgan fingerprint density at radius 2 is 2.41 bits per heavy atom. The van der Waals surface area contributed by atoms with Crippen LogP contribution in [0, 0.1) is 0 Å². The van der Waals surface area contributed by atoms with Crippen molar-refractivity contribution in [2.75, 3.05) is 36.7 Å². The van der Waals surface area contributed by atoms with Gasteiger partial charge in [0, 0.05) is 6.54 Å². The predicted octanol–water partition coefficient (Wildman–Crippen LogP) is 1.62. The third kappa shape index (κ3) is 4.14. The van der Waals surface area contributed by atoms with Gasteiger partial charge in [-0.15, -0.1) is 0 Å². The van der Waals surface area contributed by atoms with E-state index in [2.05, 4.69) is 21.3 Å². The van der Waals surface area contributed by atoms with E-state index in [0.717, 1.165) is 18.7 Å². The Labute approximate surface area is 105 Å². The number of hydrogen-bond donors (Lipinski definition) is 2. The molecule has 0 aliphatic carbocycles. The average Bonchev–Trinajstić information content (AvgIpc) is 2.35. The van der Waals surface area contributed by atoms with Gasteiger partial charge < -0.3 is 15.8 Å². The number of thioether (sulfide) groups is 1. The SMILES string of the molecule is COC(=O)c1cc(N)cnc1NCCCSC. The van der Waals surface area contributed by atoms with E-state index in [0.29, 0.717) is 17.1 Å². The van der Waals surface area contributed by atoms with E-state index in [1.54, 1.807) is 17.8 Å². The molecule has 0 aromatic carbocycles. The maximum Gasteiger partial charge on any atom is 0.341 e. The number of nitrogens with one attached hydrogen (secondary N) is 1. The van der Waals surface area contributed by atoms with Crippen LogP contribution in [0.5, 0.6) is 0 Å². The van der Waals surface area contributed by atoms with Crippen molar-refractivity contribution < 1.29 is 9.53 Å². The van der Waals surface area contributed by atoms with Crippen LogP contribution in [0.1, 0.15) is 16.8 Å². The maximum atomic E-state index is 11.5. The highest BCUT2D eigenvalue weighted by Crippen LogP contribution is 2.16. The Morgan fingerprint density at radius 3 is 3.06 bits per heavy atom. The van der Waals surface area contributed by atoms with Gasteiger partial charge in [0.2, 0.25) is 0 Å². The second-order valence-corrected chi connectivity index (χ2v) is 4.42. The molecule has 5 nitrogen and oxygen atoms in total. The van der Waals surface area contributed by atoms with Gasteiger partial charge in [0.05, 0.1) is 19.0 Å². The van der Waals surface area contributed by atoms with Gasteiger partial charge in [0.1, 0.15) is 11.4 Å². The van der Waals surface area contributed by atoms with Crippen LogP contribution in [-0.4, -0.2) is 36.6 Å². The lowest BCUT2D eigenvalue weighted by atomic mass is 10.2. The minimum absolute atomic E-state index is 0.372. The number of ether oxygens (including phenoxy) is 1. The van der Waals surface area contributed by atoms with Crippen LogP contribution >= 0.6 is 11.8 Å². The molecule has 0 radical (unpaired) electrons. The molecule has 0 saturated heterocycles. The van der Waals surface area contributed by atoms with E-state index < -0.39 is 5.97 Å². The molecule has 1 aromatic rings. The number of methoxy groups -OCH3 is 1. The van der Waals surface area contributed by atoms with Crippen molar-refractivity contribution in [2.45, 2.75) is 6.42 Å². The summed E-state index contributed by atoms with van der Waals surface area (Å²) in [6.45, 7) is 0.766. The van der Waals surface area contributed by atoms with Gasteiger partial charge in [-0.3, -0.25) is 0 Å². The number of carbonyl (C=O) groups is 1. The highest BCUT2D eigenvalue weighted by molar-refractivity contribution is 7.98. The van der Waals surface area contributed by atoms with Crippen molar-refractivity contribution in [1.82, 2.24) is 4.98 Å². The number of nitrogens with zero attached hydrogens (tertiary/aromatic N) is 1. The number of pyridine rings is 1. The Kier molecular flexibility index (Phi) is 5.62. The van der Waals surface area contributed by atoms with Gasteiger partial charge in [0.15, 0.2) is 0 Å². The van der Waals surface area contributed by atoms with E-state index >= 15 is 0 Å². The van der Waals surface area contributed by atoms with E-state index in [1.807, 2.05) is 0 Å². The quantitative estimate of drug-likeness (QED) is 0.594. The second kappa shape index (κ2) is 7.01. The van der Waals surface area contributed by atoms with Gasteiger partial charge in [-0.25, -0.2) is 9.78 Å². The number of anilines is 2. The summed E-state index contributed by atoms with van der Waals surface area (Å²) in [5.41, 5.74) is 6.41. The molecule has 0 aliphatic heterocycles. The van der Waals surface area contributed by atoms with Crippen LogP contribution < -0.4 is 11.1 Å². The Hall–Kier alpha value is -1.43. The predicted molar refractivity (Wildman–Crippen MR) is 71.5 cm³/mol. The van der Waals surface area contributed by atoms with Gasteiger partial charge in [-0.05, 0) is 24.5 Å². The van der Waals surface area contributed by atoms with Crippen LogP contribution in [0.3, 0.4) is 0 Å². The van der Waals surface area contributed by atoms with Crippen molar-refractivity contribution in [3.63, 3.8) is 0 Å². The lowest BCUT2D eigenvalue weighted by Gasteiger charge is -2.09. The largest absolute Gasteiger partial charge is 0.465 e. The number of aromatic nitrogens is 1.